The average Bonchev–Trinajstić information content (AvgIpc) is 2.49. The molecule has 0 saturated carbocycles. The van der Waals surface area contributed by atoms with Crippen molar-refractivity contribution < 1.29 is 19.4 Å². The molecule has 0 aliphatic carbocycles. The maximum atomic E-state index is 11.5. The number of ether oxygens (including phenoxy) is 2. The number of rotatable bonds is 4. The Bertz CT molecular complexity index is 625. The van der Waals surface area contributed by atoms with Crippen LogP contribution in [0.1, 0.15) is 10.4 Å². The van der Waals surface area contributed by atoms with Gasteiger partial charge in [-0.05, 0) is 30.3 Å². The molecule has 0 heterocycles. The third-order valence-corrected chi connectivity index (χ3v) is 2.79. The van der Waals surface area contributed by atoms with E-state index in [4.69, 9.17) is 4.74 Å². The van der Waals surface area contributed by atoms with Gasteiger partial charge in [-0.25, -0.2) is 4.79 Å². The van der Waals surface area contributed by atoms with Crippen LogP contribution in [-0.2, 0) is 4.74 Å². The van der Waals surface area contributed by atoms with E-state index in [0.717, 1.165) is 0 Å². The van der Waals surface area contributed by atoms with Gasteiger partial charge < -0.3 is 19.9 Å². The van der Waals surface area contributed by atoms with Gasteiger partial charge in [0.05, 0.1) is 31.2 Å². The zero-order valence-corrected chi connectivity index (χ0v) is 11.2. The van der Waals surface area contributed by atoms with Crippen LogP contribution < -0.4 is 10.1 Å². The lowest BCUT2D eigenvalue weighted by atomic mass is 10.1. The van der Waals surface area contributed by atoms with Crippen molar-refractivity contribution in [2.24, 2.45) is 0 Å². The summed E-state index contributed by atoms with van der Waals surface area (Å²) in [6, 6.07) is 11.7. The largest absolute Gasteiger partial charge is 0.506 e. The number of para-hydroxylation sites is 2. The molecule has 5 nitrogen and oxygen atoms in total. The zero-order chi connectivity index (χ0) is 14.5. The zero-order valence-electron chi connectivity index (χ0n) is 11.2. The molecule has 2 rings (SSSR count). The van der Waals surface area contributed by atoms with Gasteiger partial charge in [0, 0.05) is 0 Å². The van der Waals surface area contributed by atoms with Gasteiger partial charge in [0.15, 0.2) is 0 Å². The predicted octanol–water partition coefficient (Wildman–Crippen LogP) is 2.93. The van der Waals surface area contributed by atoms with Gasteiger partial charge in [0.1, 0.15) is 11.5 Å². The summed E-state index contributed by atoms with van der Waals surface area (Å²) in [5.74, 6) is 0.201. The maximum absolute atomic E-state index is 11.5. The quantitative estimate of drug-likeness (QED) is 0.662. The minimum absolute atomic E-state index is 0.0311. The lowest BCUT2D eigenvalue weighted by molar-refractivity contribution is 0.0601. The number of carbonyl (C=O) groups is 1. The van der Waals surface area contributed by atoms with Gasteiger partial charge in [-0.2, -0.15) is 0 Å². The molecule has 2 N–H and O–H groups in total. The van der Waals surface area contributed by atoms with Crippen LogP contribution in [0.4, 0.5) is 11.4 Å². The third-order valence-electron chi connectivity index (χ3n) is 2.79. The van der Waals surface area contributed by atoms with Crippen LogP contribution in [0.25, 0.3) is 0 Å². The molecule has 0 aromatic heterocycles. The molecule has 0 fully saturated rings. The van der Waals surface area contributed by atoms with Gasteiger partial charge >= 0.3 is 5.97 Å². The lowest BCUT2D eigenvalue weighted by Gasteiger charge is -2.12. The van der Waals surface area contributed by atoms with Crippen molar-refractivity contribution in [1.29, 1.82) is 0 Å². The van der Waals surface area contributed by atoms with Crippen molar-refractivity contribution in [3.8, 4) is 11.5 Å². The molecule has 0 amide bonds. The molecule has 104 valence electrons. The number of esters is 1. The Morgan fingerprint density at radius 1 is 1.10 bits per heavy atom. The van der Waals surface area contributed by atoms with Crippen LogP contribution >= 0.6 is 0 Å². The molecule has 0 saturated heterocycles. The number of methoxy groups -OCH3 is 2. The minimum atomic E-state index is -0.465. The number of carbonyl (C=O) groups excluding carboxylic acids is 1. The summed E-state index contributed by atoms with van der Waals surface area (Å²) in [6.07, 6.45) is 0. The van der Waals surface area contributed by atoms with Crippen LogP contribution in [0.3, 0.4) is 0 Å². The number of anilines is 2. The van der Waals surface area contributed by atoms with E-state index in [1.165, 1.54) is 25.3 Å². The number of hydrogen-bond donors (Lipinski definition) is 2. The molecule has 5 heteroatoms. The van der Waals surface area contributed by atoms with Gasteiger partial charge in [0.25, 0.3) is 0 Å². The predicted molar refractivity (Wildman–Crippen MR) is 75.7 cm³/mol. The lowest BCUT2D eigenvalue weighted by Crippen LogP contribution is -2.02. The van der Waals surface area contributed by atoms with E-state index >= 15 is 0 Å². The van der Waals surface area contributed by atoms with Crippen molar-refractivity contribution in [2.45, 2.75) is 0 Å². The van der Waals surface area contributed by atoms with E-state index in [0.29, 0.717) is 22.7 Å². The standard InChI is InChI=1S/C15H15NO4/c1-19-14-6-4-3-5-11(14)16-12-9-10(15(18)20-2)7-8-13(12)17/h3-9,16-17H,1-2H3. The second-order valence-electron chi connectivity index (χ2n) is 4.05. The van der Waals surface area contributed by atoms with Crippen molar-refractivity contribution in [1.82, 2.24) is 0 Å². The molecule has 0 aliphatic rings. The molecule has 0 radical (unpaired) electrons. The second kappa shape index (κ2) is 5.97. The third kappa shape index (κ3) is 2.83. The van der Waals surface area contributed by atoms with Gasteiger partial charge in [-0.15, -0.1) is 0 Å². The van der Waals surface area contributed by atoms with E-state index in [-0.39, 0.29) is 5.75 Å². The molecule has 0 atom stereocenters. The normalized spacial score (nSPS) is 9.90. The summed E-state index contributed by atoms with van der Waals surface area (Å²) in [7, 11) is 2.87. The smallest absolute Gasteiger partial charge is 0.337 e. The summed E-state index contributed by atoms with van der Waals surface area (Å²) in [5, 5.41) is 12.9. The van der Waals surface area contributed by atoms with E-state index < -0.39 is 5.97 Å². The Morgan fingerprint density at radius 2 is 1.85 bits per heavy atom. The first kappa shape index (κ1) is 13.7. The highest BCUT2D eigenvalue weighted by Gasteiger charge is 2.11. The van der Waals surface area contributed by atoms with Gasteiger partial charge in [-0.3, -0.25) is 0 Å². The summed E-state index contributed by atoms with van der Waals surface area (Å²) in [5.41, 5.74) is 1.44. The van der Waals surface area contributed by atoms with Crippen molar-refractivity contribution in [3.63, 3.8) is 0 Å². The Hall–Kier alpha value is -2.69. The summed E-state index contributed by atoms with van der Waals surface area (Å²) >= 11 is 0. The number of benzene rings is 2. The van der Waals surface area contributed by atoms with Crippen LogP contribution in [-0.4, -0.2) is 25.3 Å². The van der Waals surface area contributed by atoms with Crippen LogP contribution in [0, 0.1) is 0 Å². The van der Waals surface area contributed by atoms with Crippen molar-refractivity contribution in [2.75, 3.05) is 19.5 Å². The fourth-order valence-electron chi connectivity index (χ4n) is 1.77. The summed E-state index contributed by atoms with van der Waals surface area (Å²) in [6.45, 7) is 0. The first-order chi connectivity index (χ1) is 9.65. The van der Waals surface area contributed by atoms with Crippen LogP contribution in [0.2, 0.25) is 0 Å². The van der Waals surface area contributed by atoms with Crippen molar-refractivity contribution in [3.05, 3.63) is 48.0 Å². The molecule has 0 bridgehead atoms. The first-order valence-electron chi connectivity index (χ1n) is 5.97. The molecule has 0 aliphatic heterocycles. The Morgan fingerprint density at radius 3 is 2.55 bits per heavy atom. The molecule has 0 spiro atoms. The number of nitrogens with one attached hydrogen (secondary N) is 1. The fraction of sp³-hybridized carbons (Fsp3) is 0.133. The molecule has 0 unspecified atom stereocenters. The minimum Gasteiger partial charge on any atom is -0.506 e. The SMILES string of the molecule is COC(=O)c1ccc(O)c(Nc2ccccc2OC)c1. The Kier molecular flexibility index (Phi) is 4.10. The Labute approximate surface area is 116 Å². The number of phenols is 1. The highest BCUT2D eigenvalue weighted by molar-refractivity contribution is 5.91. The van der Waals surface area contributed by atoms with Gasteiger partial charge in [-0.1, -0.05) is 12.1 Å². The molecular formula is C15H15NO4. The van der Waals surface area contributed by atoms with E-state index in [9.17, 15) is 9.90 Å². The highest BCUT2D eigenvalue weighted by Crippen LogP contribution is 2.32. The number of hydrogen-bond acceptors (Lipinski definition) is 5. The number of phenolic OH excluding ortho intramolecular Hbond substituents is 1. The van der Waals surface area contributed by atoms with E-state index in [2.05, 4.69) is 10.1 Å². The van der Waals surface area contributed by atoms with Gasteiger partial charge in [0.2, 0.25) is 0 Å². The average molecular weight is 273 g/mol. The van der Waals surface area contributed by atoms with E-state index in [1.807, 2.05) is 18.2 Å². The Balaban J connectivity index is 2.35. The monoisotopic (exact) mass is 273 g/mol. The van der Waals surface area contributed by atoms with Crippen molar-refractivity contribution >= 4 is 17.3 Å². The fourth-order valence-corrected chi connectivity index (χ4v) is 1.77. The first-order valence-corrected chi connectivity index (χ1v) is 5.97. The summed E-state index contributed by atoms with van der Waals surface area (Å²) in [4.78, 5) is 11.5. The topological polar surface area (TPSA) is 67.8 Å². The molecular weight excluding hydrogens is 258 g/mol. The van der Waals surface area contributed by atoms with E-state index in [1.54, 1.807) is 13.2 Å². The molecule has 20 heavy (non-hydrogen) atoms. The van der Waals surface area contributed by atoms with Crippen LogP contribution in [0.5, 0.6) is 11.5 Å². The number of aromatic hydroxyl groups is 1. The molecule has 2 aromatic carbocycles. The summed E-state index contributed by atoms with van der Waals surface area (Å²) < 4.78 is 9.87. The molecule has 2 aromatic rings. The second-order valence-corrected chi connectivity index (χ2v) is 4.05. The highest BCUT2D eigenvalue weighted by atomic mass is 16.5. The maximum Gasteiger partial charge on any atom is 0.337 e. The van der Waals surface area contributed by atoms with Crippen LogP contribution in [0.15, 0.2) is 42.5 Å².